The summed E-state index contributed by atoms with van der Waals surface area (Å²) in [6.07, 6.45) is 0.836. The standard InChI is InChI=1S/C19H29BO3/c1-13-7-9-14(10-8-13)16-15(19(16,6)12-21)11-20-22-17(2,3)18(4,5)23-20/h7-10,15-16,21H,11-12H2,1-6H3/t15-,16-,19+/m1/s1. The van der Waals surface area contributed by atoms with Crippen molar-refractivity contribution in [2.45, 2.75) is 65.0 Å². The van der Waals surface area contributed by atoms with Gasteiger partial charge in [-0.25, -0.2) is 0 Å². The van der Waals surface area contributed by atoms with Crippen molar-refractivity contribution in [2.75, 3.05) is 6.61 Å². The Morgan fingerprint density at radius 3 is 2.00 bits per heavy atom. The molecule has 0 aromatic heterocycles. The van der Waals surface area contributed by atoms with Crippen molar-refractivity contribution in [1.29, 1.82) is 0 Å². The molecular formula is C19H29BO3. The van der Waals surface area contributed by atoms with Crippen molar-refractivity contribution in [1.82, 2.24) is 0 Å². The molecule has 1 saturated carbocycles. The van der Waals surface area contributed by atoms with E-state index in [1.807, 2.05) is 0 Å². The molecule has 1 aliphatic heterocycles. The fourth-order valence-corrected chi connectivity index (χ4v) is 3.94. The van der Waals surface area contributed by atoms with Gasteiger partial charge in [0.25, 0.3) is 0 Å². The van der Waals surface area contributed by atoms with Crippen molar-refractivity contribution >= 4 is 7.12 Å². The van der Waals surface area contributed by atoms with Gasteiger partial charge in [-0.2, -0.15) is 0 Å². The maximum absolute atomic E-state index is 9.92. The molecule has 1 aromatic rings. The SMILES string of the molecule is Cc1ccc([C@@H]2[C@@H](CB3OC(C)(C)C(C)(C)O3)[C@]2(C)CO)cc1. The molecule has 126 valence electrons. The van der Waals surface area contributed by atoms with Gasteiger partial charge in [0.15, 0.2) is 0 Å². The lowest BCUT2D eigenvalue weighted by atomic mass is 9.79. The number of rotatable bonds is 4. The summed E-state index contributed by atoms with van der Waals surface area (Å²) >= 11 is 0. The Morgan fingerprint density at radius 2 is 1.52 bits per heavy atom. The van der Waals surface area contributed by atoms with E-state index in [1.54, 1.807) is 0 Å². The topological polar surface area (TPSA) is 38.7 Å². The molecule has 3 nitrogen and oxygen atoms in total. The zero-order valence-corrected chi connectivity index (χ0v) is 15.2. The summed E-state index contributed by atoms with van der Waals surface area (Å²) in [6.45, 7) is 12.8. The van der Waals surface area contributed by atoms with Crippen LogP contribution in [0.2, 0.25) is 6.32 Å². The Hall–Kier alpha value is -0.835. The lowest BCUT2D eigenvalue weighted by molar-refractivity contribution is 0.00578. The highest BCUT2D eigenvalue weighted by molar-refractivity contribution is 6.45. The largest absolute Gasteiger partial charge is 0.458 e. The smallest absolute Gasteiger partial charge is 0.403 e. The summed E-state index contributed by atoms with van der Waals surface area (Å²) in [4.78, 5) is 0. The van der Waals surface area contributed by atoms with Gasteiger partial charge in [-0.3, -0.25) is 0 Å². The number of benzene rings is 1. The van der Waals surface area contributed by atoms with Crippen LogP contribution in [0.4, 0.5) is 0 Å². The van der Waals surface area contributed by atoms with Crippen LogP contribution < -0.4 is 0 Å². The summed E-state index contributed by atoms with van der Waals surface area (Å²) in [5, 5.41) is 9.92. The minimum absolute atomic E-state index is 0.0706. The molecule has 2 fully saturated rings. The molecule has 1 aliphatic carbocycles. The normalized spacial score (nSPS) is 34.7. The van der Waals surface area contributed by atoms with Crippen molar-refractivity contribution in [2.24, 2.45) is 11.3 Å². The quantitative estimate of drug-likeness (QED) is 0.859. The minimum atomic E-state index is -0.290. The van der Waals surface area contributed by atoms with Crippen LogP contribution in [0.1, 0.15) is 51.7 Å². The second-order valence-electron chi connectivity index (χ2n) is 8.58. The van der Waals surface area contributed by atoms with Crippen LogP contribution in [0, 0.1) is 18.3 Å². The van der Waals surface area contributed by atoms with Gasteiger partial charge in [0.2, 0.25) is 0 Å². The molecule has 23 heavy (non-hydrogen) atoms. The predicted octanol–water partition coefficient (Wildman–Crippen LogP) is 3.80. The lowest BCUT2D eigenvalue weighted by Crippen LogP contribution is -2.41. The van der Waals surface area contributed by atoms with Gasteiger partial charge in [0, 0.05) is 12.0 Å². The van der Waals surface area contributed by atoms with Crippen LogP contribution >= 0.6 is 0 Å². The van der Waals surface area contributed by atoms with Crippen molar-refractivity contribution in [3.05, 3.63) is 35.4 Å². The lowest BCUT2D eigenvalue weighted by Gasteiger charge is -2.32. The Kier molecular flexibility index (Phi) is 3.94. The van der Waals surface area contributed by atoms with Gasteiger partial charge in [-0.05, 0) is 58.3 Å². The van der Waals surface area contributed by atoms with Gasteiger partial charge in [-0.1, -0.05) is 36.8 Å². The van der Waals surface area contributed by atoms with Crippen LogP contribution in [-0.4, -0.2) is 30.0 Å². The first-order valence-electron chi connectivity index (χ1n) is 8.64. The maximum atomic E-state index is 9.92. The number of aryl methyl sites for hydroxylation is 1. The Morgan fingerprint density at radius 1 is 1.00 bits per heavy atom. The molecule has 1 saturated heterocycles. The fraction of sp³-hybridized carbons (Fsp3) is 0.684. The minimum Gasteiger partial charge on any atom is -0.403 e. The third-order valence-electron chi connectivity index (χ3n) is 6.38. The average molecular weight is 316 g/mol. The molecule has 0 amide bonds. The van der Waals surface area contributed by atoms with E-state index in [-0.39, 0.29) is 30.3 Å². The molecular weight excluding hydrogens is 287 g/mol. The molecule has 0 radical (unpaired) electrons. The van der Waals surface area contributed by atoms with E-state index < -0.39 is 0 Å². The first kappa shape index (κ1) is 17.0. The molecule has 2 aliphatic rings. The van der Waals surface area contributed by atoms with E-state index in [0.717, 1.165) is 6.32 Å². The number of hydrogen-bond donors (Lipinski definition) is 1. The van der Waals surface area contributed by atoms with Crippen molar-refractivity contribution in [3.63, 3.8) is 0 Å². The molecule has 3 rings (SSSR count). The molecule has 1 aromatic carbocycles. The Labute approximate surface area is 140 Å². The van der Waals surface area contributed by atoms with Crippen LogP contribution in [0.5, 0.6) is 0 Å². The van der Waals surface area contributed by atoms with Crippen LogP contribution in [0.3, 0.4) is 0 Å². The average Bonchev–Trinajstić information content (AvgIpc) is 2.96. The Bertz CT molecular complexity index is 565. The zero-order chi connectivity index (χ0) is 17.0. The maximum Gasteiger partial charge on any atom is 0.458 e. The molecule has 3 atom stereocenters. The highest BCUT2D eigenvalue weighted by Crippen LogP contribution is 2.67. The van der Waals surface area contributed by atoms with Gasteiger partial charge >= 0.3 is 7.12 Å². The van der Waals surface area contributed by atoms with Gasteiger partial charge in [0.05, 0.1) is 11.2 Å². The summed E-state index contributed by atoms with van der Waals surface area (Å²) in [6, 6.07) is 8.69. The van der Waals surface area contributed by atoms with Crippen LogP contribution in [0.15, 0.2) is 24.3 Å². The van der Waals surface area contributed by atoms with Gasteiger partial charge < -0.3 is 14.4 Å². The predicted molar refractivity (Wildman–Crippen MR) is 93.5 cm³/mol. The van der Waals surface area contributed by atoms with E-state index in [9.17, 15) is 5.11 Å². The molecule has 1 heterocycles. The van der Waals surface area contributed by atoms with Crippen molar-refractivity contribution in [3.8, 4) is 0 Å². The molecule has 1 N–H and O–H groups in total. The first-order valence-corrected chi connectivity index (χ1v) is 8.64. The van der Waals surface area contributed by atoms with Crippen molar-refractivity contribution < 1.29 is 14.4 Å². The summed E-state index contributed by atoms with van der Waals surface area (Å²) in [7, 11) is -0.189. The second kappa shape index (κ2) is 5.33. The number of aliphatic hydroxyl groups excluding tert-OH is 1. The van der Waals surface area contributed by atoms with E-state index in [2.05, 4.69) is 65.8 Å². The first-order chi connectivity index (χ1) is 10.6. The molecule has 0 bridgehead atoms. The molecule has 0 unspecified atom stereocenters. The molecule has 0 spiro atoms. The third-order valence-corrected chi connectivity index (χ3v) is 6.38. The third kappa shape index (κ3) is 2.75. The Balaban J connectivity index is 1.74. The summed E-state index contributed by atoms with van der Waals surface area (Å²) in [5.74, 6) is 0.775. The second-order valence-corrected chi connectivity index (χ2v) is 8.58. The van der Waals surface area contributed by atoms with Crippen LogP contribution in [-0.2, 0) is 9.31 Å². The van der Waals surface area contributed by atoms with Gasteiger partial charge in [-0.15, -0.1) is 0 Å². The van der Waals surface area contributed by atoms with E-state index >= 15 is 0 Å². The fourth-order valence-electron chi connectivity index (χ4n) is 3.94. The zero-order valence-electron chi connectivity index (χ0n) is 15.2. The summed E-state index contributed by atoms with van der Waals surface area (Å²) in [5.41, 5.74) is 1.93. The highest BCUT2D eigenvalue weighted by atomic mass is 16.7. The highest BCUT2D eigenvalue weighted by Gasteiger charge is 2.64. The van der Waals surface area contributed by atoms with E-state index in [4.69, 9.17) is 9.31 Å². The van der Waals surface area contributed by atoms with E-state index in [1.165, 1.54) is 11.1 Å². The monoisotopic (exact) mass is 316 g/mol. The molecule has 4 heteroatoms. The van der Waals surface area contributed by atoms with Gasteiger partial charge in [0.1, 0.15) is 0 Å². The summed E-state index contributed by atoms with van der Waals surface area (Å²) < 4.78 is 12.3. The number of hydrogen-bond acceptors (Lipinski definition) is 3. The number of aliphatic hydroxyl groups is 1. The van der Waals surface area contributed by atoms with E-state index in [0.29, 0.717) is 11.8 Å². The van der Waals surface area contributed by atoms with Crippen LogP contribution in [0.25, 0.3) is 0 Å².